The van der Waals surface area contributed by atoms with Crippen molar-refractivity contribution >= 4 is 49.6 Å². The first-order chi connectivity index (χ1) is 28.5. The van der Waals surface area contributed by atoms with E-state index in [4.69, 9.17) is 14.7 Å². The van der Waals surface area contributed by atoms with E-state index in [0.717, 1.165) is 39.4 Å². The summed E-state index contributed by atoms with van der Waals surface area (Å²) in [5.41, 5.74) is 11.3. The molecule has 0 amide bonds. The second-order valence-corrected chi connectivity index (χ2v) is 16.9. The number of fused-ring (bicyclic) bond motifs is 11. The van der Waals surface area contributed by atoms with Crippen molar-refractivity contribution < 1.29 is 13.5 Å². The second-order valence-electron chi connectivity index (χ2n) is 16.9. The quantitative estimate of drug-likeness (QED) is 0.167. The Hall–Kier alpha value is -6.92. The molecule has 0 atom stereocenters. The lowest BCUT2D eigenvalue weighted by Crippen LogP contribution is -2.32. The predicted octanol–water partition coefficient (Wildman–Crippen LogP) is 14.0. The third-order valence-electron chi connectivity index (χ3n) is 12.9. The fourth-order valence-electron chi connectivity index (χ4n) is 9.76. The van der Waals surface area contributed by atoms with Crippen LogP contribution in [0, 0.1) is 11.6 Å². The summed E-state index contributed by atoms with van der Waals surface area (Å²) >= 11 is 0. The summed E-state index contributed by atoms with van der Waals surface area (Å²) < 4.78 is 34.1. The van der Waals surface area contributed by atoms with Gasteiger partial charge in [0.25, 0.3) is 0 Å². The topological polar surface area (TPSA) is 38.2 Å². The van der Waals surface area contributed by atoms with Crippen LogP contribution in [-0.2, 0) is 10.8 Å². The van der Waals surface area contributed by atoms with E-state index in [0.29, 0.717) is 17.3 Å². The maximum Gasteiger partial charge on any atom is 0.235 e. The molecular formula is C53H39F2N3O. The molecule has 0 spiro atoms. The van der Waals surface area contributed by atoms with E-state index >= 15 is 0 Å². The Morgan fingerprint density at radius 2 is 0.983 bits per heavy atom. The Kier molecular flexibility index (Phi) is 7.49. The molecule has 1 aliphatic heterocycles. The summed E-state index contributed by atoms with van der Waals surface area (Å²) in [5.74, 6) is 0.666. The van der Waals surface area contributed by atoms with Crippen molar-refractivity contribution in [3.63, 3.8) is 0 Å². The number of hydrogen-bond acceptors (Lipinski definition) is 4. The number of aromatic nitrogens is 2. The summed E-state index contributed by atoms with van der Waals surface area (Å²) in [5, 5.41) is 7.24. The molecular weight excluding hydrogens is 733 g/mol. The average molecular weight is 772 g/mol. The van der Waals surface area contributed by atoms with Crippen LogP contribution in [-0.4, -0.2) is 17.1 Å². The van der Waals surface area contributed by atoms with Gasteiger partial charge in [0.15, 0.2) is 0 Å². The molecule has 0 saturated carbocycles. The molecule has 11 rings (SSSR count). The Morgan fingerprint density at radius 1 is 0.458 bits per heavy atom. The molecule has 8 aromatic carbocycles. The van der Waals surface area contributed by atoms with Crippen LogP contribution < -0.4 is 9.64 Å². The Morgan fingerprint density at radius 3 is 1.63 bits per heavy atom. The summed E-state index contributed by atoms with van der Waals surface area (Å²) in [6.07, 6.45) is 0. The zero-order valence-corrected chi connectivity index (χ0v) is 33.4. The van der Waals surface area contributed by atoms with Gasteiger partial charge in [0.05, 0.1) is 29.9 Å². The van der Waals surface area contributed by atoms with Crippen molar-refractivity contribution in [1.29, 1.82) is 0 Å². The van der Waals surface area contributed by atoms with Crippen LogP contribution in [0.4, 0.5) is 26.1 Å². The first kappa shape index (κ1) is 35.3. The molecule has 0 radical (unpaired) electrons. The van der Waals surface area contributed by atoms with Gasteiger partial charge in [-0.3, -0.25) is 4.90 Å². The fourth-order valence-corrected chi connectivity index (χ4v) is 9.76. The molecule has 1 aliphatic carbocycles. The molecule has 286 valence electrons. The summed E-state index contributed by atoms with van der Waals surface area (Å²) in [4.78, 5) is 12.6. The van der Waals surface area contributed by atoms with Gasteiger partial charge in [-0.1, -0.05) is 76.2 Å². The number of nitrogens with zero attached hydrogens (tertiary/aromatic N) is 3. The summed E-state index contributed by atoms with van der Waals surface area (Å²) in [7, 11) is 1.72. The van der Waals surface area contributed by atoms with Gasteiger partial charge in [0, 0.05) is 22.0 Å². The number of benzene rings is 8. The fraction of sp³-hybridized carbons (Fsp3) is 0.132. The number of hydrogen-bond donors (Lipinski definition) is 0. The number of rotatable bonds is 4. The molecule has 4 nitrogen and oxygen atoms in total. The van der Waals surface area contributed by atoms with Crippen molar-refractivity contribution in [2.75, 3.05) is 12.0 Å². The van der Waals surface area contributed by atoms with Crippen LogP contribution >= 0.6 is 0 Å². The average Bonchev–Trinajstić information content (AvgIpc) is 3.47. The van der Waals surface area contributed by atoms with Crippen LogP contribution in [0.5, 0.6) is 5.75 Å². The maximum absolute atomic E-state index is 14.2. The van der Waals surface area contributed by atoms with Crippen molar-refractivity contribution in [2.24, 2.45) is 0 Å². The first-order valence-electron chi connectivity index (χ1n) is 20.0. The minimum Gasteiger partial charge on any atom is -0.497 e. The number of ether oxygens (including phenoxy) is 1. The van der Waals surface area contributed by atoms with E-state index in [1.165, 1.54) is 78.8 Å². The van der Waals surface area contributed by atoms with Gasteiger partial charge in [-0.2, -0.15) is 0 Å². The molecule has 0 fully saturated rings. The van der Waals surface area contributed by atoms with Gasteiger partial charge >= 0.3 is 0 Å². The lowest BCUT2D eigenvalue weighted by atomic mass is 9.72. The zero-order chi connectivity index (χ0) is 40.4. The van der Waals surface area contributed by atoms with E-state index in [1.54, 1.807) is 31.4 Å². The number of methoxy groups -OCH3 is 1. The largest absolute Gasteiger partial charge is 0.497 e. The van der Waals surface area contributed by atoms with Crippen molar-refractivity contribution in [3.05, 3.63) is 179 Å². The van der Waals surface area contributed by atoms with E-state index in [9.17, 15) is 8.78 Å². The molecule has 0 unspecified atom stereocenters. The smallest absolute Gasteiger partial charge is 0.235 e. The lowest BCUT2D eigenvalue weighted by Gasteiger charge is -2.42. The highest BCUT2D eigenvalue weighted by atomic mass is 19.1. The molecule has 9 aromatic rings. The molecule has 0 bridgehead atoms. The Balaban J connectivity index is 1.18. The van der Waals surface area contributed by atoms with Gasteiger partial charge in [0.1, 0.15) is 17.4 Å². The molecule has 59 heavy (non-hydrogen) atoms. The zero-order valence-electron chi connectivity index (χ0n) is 33.4. The molecule has 1 aromatic heterocycles. The first-order valence-corrected chi connectivity index (χ1v) is 20.0. The molecule has 6 heteroatoms. The SMILES string of the molecule is COc1ccc2c(c1)c1ccccc1c1cc3c(cc21)C(C)(C)c1cc2c(cc1-3)C(C)(C)c1ccccc1N2c1nc(-c2ccc(F)cc2)cc(-c2ccc(F)cc2)n1. The molecule has 2 heterocycles. The Labute approximate surface area is 341 Å². The highest BCUT2D eigenvalue weighted by Crippen LogP contribution is 2.58. The van der Waals surface area contributed by atoms with E-state index in [-0.39, 0.29) is 22.5 Å². The minimum atomic E-state index is -0.377. The van der Waals surface area contributed by atoms with Crippen LogP contribution in [0.3, 0.4) is 0 Å². The highest BCUT2D eigenvalue weighted by molar-refractivity contribution is 6.26. The van der Waals surface area contributed by atoms with Crippen LogP contribution in [0.15, 0.2) is 146 Å². The number of para-hydroxylation sites is 1. The van der Waals surface area contributed by atoms with Gasteiger partial charge in [0.2, 0.25) is 5.95 Å². The maximum atomic E-state index is 14.2. The second kappa shape index (κ2) is 12.5. The van der Waals surface area contributed by atoms with Crippen molar-refractivity contribution in [2.45, 2.75) is 38.5 Å². The molecule has 2 aliphatic rings. The monoisotopic (exact) mass is 771 g/mol. The standard InChI is InChI=1S/C53H39F2N3O/c1-52(2)43-12-8-9-13-49(43)58(51-56-47(30-14-18-32(54)19-15-30)29-48(57-51)31-16-20-33(55)21-17-31)50-28-45-42(27-46(50)52)41-25-39-36-11-7-6-10-35(36)38-24-34(59-5)22-23-37(38)40(39)26-44(41)53(45,3)4/h6-29H,1-5H3. The molecule has 0 N–H and O–H groups in total. The van der Waals surface area contributed by atoms with Gasteiger partial charge in [-0.05, 0) is 163 Å². The van der Waals surface area contributed by atoms with Crippen LogP contribution in [0.1, 0.15) is 49.9 Å². The summed E-state index contributed by atoms with van der Waals surface area (Å²) in [6, 6.07) is 47.8. The van der Waals surface area contributed by atoms with E-state index < -0.39 is 0 Å². The highest BCUT2D eigenvalue weighted by Gasteiger charge is 2.43. The number of anilines is 3. The third kappa shape index (κ3) is 5.18. The van der Waals surface area contributed by atoms with Crippen molar-refractivity contribution in [1.82, 2.24) is 9.97 Å². The van der Waals surface area contributed by atoms with Gasteiger partial charge < -0.3 is 4.74 Å². The van der Waals surface area contributed by atoms with Crippen LogP contribution in [0.2, 0.25) is 0 Å². The lowest BCUT2D eigenvalue weighted by molar-refractivity contribution is 0.415. The van der Waals surface area contributed by atoms with Gasteiger partial charge in [-0.25, -0.2) is 18.7 Å². The molecule has 0 saturated heterocycles. The van der Waals surface area contributed by atoms with Crippen molar-refractivity contribution in [3.8, 4) is 39.4 Å². The van der Waals surface area contributed by atoms with E-state index in [1.807, 2.05) is 6.07 Å². The minimum absolute atomic E-state index is 0.324. The van der Waals surface area contributed by atoms with Gasteiger partial charge in [-0.15, -0.1) is 0 Å². The van der Waals surface area contributed by atoms with E-state index in [2.05, 4.69) is 124 Å². The third-order valence-corrected chi connectivity index (χ3v) is 12.9. The normalized spacial score (nSPS) is 14.6. The predicted molar refractivity (Wildman–Crippen MR) is 236 cm³/mol. The van der Waals surface area contributed by atoms with Crippen LogP contribution in [0.25, 0.3) is 66.0 Å². The number of halogens is 2. The Bertz CT molecular complexity index is 3160. The summed E-state index contributed by atoms with van der Waals surface area (Å²) in [6.45, 7) is 9.24.